The number of fused-ring (bicyclic) bond motifs is 2. The Morgan fingerprint density at radius 3 is 2.28 bits per heavy atom. The van der Waals surface area contributed by atoms with Crippen molar-refractivity contribution in [3.8, 4) is 23.2 Å². The monoisotopic (exact) mass is 788 g/mol. The summed E-state index contributed by atoms with van der Waals surface area (Å²) < 4.78 is 48.3. The Hall–Kier alpha value is -4.48. The molecule has 1 saturated heterocycles. The van der Waals surface area contributed by atoms with Crippen molar-refractivity contribution in [2.45, 2.75) is 112 Å². The average Bonchev–Trinajstić information content (AvgIpc) is 3.65. The molecule has 15 heteroatoms. The first-order valence-corrected chi connectivity index (χ1v) is 19.1. The van der Waals surface area contributed by atoms with Gasteiger partial charge in [0.1, 0.15) is 39.4 Å². The number of nitriles is 1. The van der Waals surface area contributed by atoms with Crippen molar-refractivity contribution < 1.29 is 32.6 Å². The normalized spacial score (nSPS) is 15.4. The number of methoxy groups -OCH3 is 1. The lowest BCUT2D eigenvalue weighted by atomic mass is 9.97. The van der Waals surface area contributed by atoms with E-state index in [1.807, 2.05) is 31.7 Å². The molecular weight excluding hydrogens is 738 g/mol. The van der Waals surface area contributed by atoms with Crippen LogP contribution in [0.5, 0.6) is 6.01 Å². The first-order valence-electron chi connectivity index (χ1n) is 17.9. The highest BCUT2D eigenvalue weighted by molar-refractivity contribution is 7.23. The van der Waals surface area contributed by atoms with Crippen molar-refractivity contribution in [3.63, 3.8) is 0 Å². The van der Waals surface area contributed by atoms with Gasteiger partial charge in [-0.05, 0) is 72.6 Å². The highest BCUT2D eigenvalue weighted by atomic mass is 35.5. The number of nitrogens with zero attached hydrogens (tertiary/aromatic N) is 5. The SMILES string of the molecule is CC.CCC.COc1nc(N(C)[C@@H]2CCN(C(=O)OC(C)(C)C)[C@@H]2C)c2cc(Cl)c(-c3ccc(F)c4sc(NC(=O)OC(C)(C)C)c(C#N)c34)c(F)c2n1. The fourth-order valence-electron chi connectivity index (χ4n) is 5.91. The summed E-state index contributed by atoms with van der Waals surface area (Å²) in [5.41, 5.74) is -1.70. The largest absolute Gasteiger partial charge is 0.467 e. The number of hydrogen-bond donors (Lipinski definition) is 1. The minimum atomic E-state index is -0.850. The number of amides is 2. The standard InChI is InChI=1S/C34H37ClF2N6O5S.C3H8.C2H6/c1-16-22(12-13-43(16)32(45)48-34(5,6)7)42(8)28-18-14-20(35)24(25(37)26(18)39-30(40-28)46-9)17-10-11-21(36)27-23(17)19(15-38)29(49-27)41-31(44)47-33(2,3)4;1-3-2;1-2/h10-11,14,16,22H,12-13H2,1-9H3,(H,41,44);3H2,1-2H3;1-2H3/t16-,22-;;/m1../s1. The molecule has 1 fully saturated rings. The second kappa shape index (κ2) is 17.8. The molecule has 11 nitrogen and oxygen atoms in total. The van der Waals surface area contributed by atoms with Gasteiger partial charge in [-0.1, -0.05) is 51.8 Å². The lowest BCUT2D eigenvalue weighted by Gasteiger charge is -2.33. The molecule has 1 N–H and O–H groups in total. The highest BCUT2D eigenvalue weighted by Gasteiger charge is 2.39. The Kier molecular flexibility index (Phi) is 14.5. The van der Waals surface area contributed by atoms with Gasteiger partial charge in [0.25, 0.3) is 0 Å². The zero-order chi connectivity index (χ0) is 40.9. The maximum atomic E-state index is 16.8. The van der Waals surface area contributed by atoms with Gasteiger partial charge in [-0.25, -0.2) is 18.4 Å². The lowest BCUT2D eigenvalue weighted by Crippen LogP contribution is -2.45. The average molecular weight is 789 g/mol. The van der Waals surface area contributed by atoms with Gasteiger partial charge in [-0.3, -0.25) is 5.32 Å². The summed E-state index contributed by atoms with van der Waals surface area (Å²) in [6.07, 6.45) is 0.570. The van der Waals surface area contributed by atoms with E-state index in [1.165, 1.54) is 25.7 Å². The van der Waals surface area contributed by atoms with E-state index in [0.717, 1.165) is 17.4 Å². The highest BCUT2D eigenvalue weighted by Crippen LogP contribution is 2.46. The molecule has 1 aliphatic rings. The van der Waals surface area contributed by atoms with E-state index in [-0.39, 0.29) is 65.8 Å². The van der Waals surface area contributed by atoms with E-state index in [9.17, 15) is 14.9 Å². The van der Waals surface area contributed by atoms with Crippen molar-refractivity contribution in [1.29, 1.82) is 5.26 Å². The second-order valence-electron chi connectivity index (χ2n) is 14.4. The Labute approximate surface area is 325 Å². The third kappa shape index (κ3) is 9.60. The molecule has 0 radical (unpaired) electrons. The van der Waals surface area contributed by atoms with Crippen LogP contribution < -0.4 is 15.0 Å². The molecule has 294 valence electrons. The Balaban J connectivity index is 0.00000149. The molecular formula is C39H51ClF2N6O5S. The number of halogens is 3. The number of rotatable bonds is 5. The number of benzene rings is 2. The number of carbonyl (C=O) groups is 2. The number of anilines is 2. The fourth-order valence-corrected chi connectivity index (χ4v) is 7.28. The van der Waals surface area contributed by atoms with Crippen molar-refractivity contribution >= 4 is 66.9 Å². The predicted molar refractivity (Wildman–Crippen MR) is 213 cm³/mol. The predicted octanol–water partition coefficient (Wildman–Crippen LogP) is 10.9. The van der Waals surface area contributed by atoms with Gasteiger partial charge >= 0.3 is 18.2 Å². The van der Waals surface area contributed by atoms with Crippen LogP contribution in [0.4, 0.5) is 29.2 Å². The minimum Gasteiger partial charge on any atom is -0.467 e. The van der Waals surface area contributed by atoms with Gasteiger partial charge in [0.05, 0.1) is 34.5 Å². The molecule has 0 unspecified atom stereocenters. The van der Waals surface area contributed by atoms with Gasteiger partial charge in [-0.15, -0.1) is 11.3 Å². The van der Waals surface area contributed by atoms with Gasteiger partial charge in [0.2, 0.25) is 0 Å². The number of aromatic nitrogens is 2. The maximum Gasteiger partial charge on any atom is 0.412 e. The number of likely N-dealkylation sites (tertiary alicyclic amines) is 1. The first kappa shape index (κ1) is 43.9. The fraction of sp³-hybridized carbons (Fsp3) is 0.513. The number of ether oxygens (including phenoxy) is 3. The second-order valence-corrected chi connectivity index (χ2v) is 15.8. The number of likely N-dealkylation sites (N-methyl/N-ethyl adjacent to an activating group) is 1. The zero-order valence-corrected chi connectivity index (χ0v) is 34.9. The Morgan fingerprint density at radius 1 is 1.11 bits per heavy atom. The van der Waals surface area contributed by atoms with Crippen LogP contribution in [-0.2, 0) is 9.47 Å². The third-order valence-electron chi connectivity index (χ3n) is 7.99. The van der Waals surface area contributed by atoms with Crippen molar-refractivity contribution in [3.05, 3.63) is 40.4 Å². The van der Waals surface area contributed by atoms with Crippen molar-refractivity contribution in [2.24, 2.45) is 0 Å². The maximum absolute atomic E-state index is 16.8. The van der Waals surface area contributed by atoms with Gasteiger partial charge in [-0.2, -0.15) is 15.2 Å². The van der Waals surface area contributed by atoms with Crippen LogP contribution in [0.2, 0.25) is 5.02 Å². The molecule has 1 aliphatic heterocycles. The van der Waals surface area contributed by atoms with Crippen LogP contribution in [-0.4, -0.2) is 71.0 Å². The van der Waals surface area contributed by atoms with Gasteiger partial charge in [0.15, 0.2) is 5.82 Å². The number of thiophene rings is 1. The smallest absolute Gasteiger partial charge is 0.412 e. The van der Waals surface area contributed by atoms with E-state index in [0.29, 0.717) is 18.8 Å². The summed E-state index contributed by atoms with van der Waals surface area (Å²) in [6.45, 7) is 21.0. The molecule has 0 bridgehead atoms. The Bertz CT molecular complexity index is 2040. The lowest BCUT2D eigenvalue weighted by molar-refractivity contribution is 0.0233. The summed E-state index contributed by atoms with van der Waals surface area (Å²) in [5, 5.41) is 13.0. The molecule has 4 aromatic rings. The first-order chi connectivity index (χ1) is 25.3. The quantitative estimate of drug-likeness (QED) is 0.210. The zero-order valence-electron chi connectivity index (χ0n) is 33.3. The van der Waals surface area contributed by atoms with Gasteiger partial charge in [0, 0.05) is 29.9 Å². The topological polar surface area (TPSA) is 130 Å². The molecule has 54 heavy (non-hydrogen) atoms. The van der Waals surface area contributed by atoms with Crippen molar-refractivity contribution in [1.82, 2.24) is 14.9 Å². The third-order valence-corrected chi connectivity index (χ3v) is 9.40. The Morgan fingerprint density at radius 2 is 1.72 bits per heavy atom. The summed E-state index contributed by atoms with van der Waals surface area (Å²) >= 11 is 7.65. The van der Waals surface area contributed by atoms with Crippen molar-refractivity contribution in [2.75, 3.05) is 30.9 Å². The molecule has 3 heterocycles. The molecule has 0 saturated carbocycles. The molecule has 2 atom stereocenters. The molecule has 2 aromatic heterocycles. The van der Waals surface area contributed by atoms with E-state index >= 15 is 8.78 Å². The molecule has 2 aromatic carbocycles. The summed E-state index contributed by atoms with van der Waals surface area (Å²) in [7, 11) is 3.14. The van der Waals surface area contributed by atoms with Gasteiger partial charge < -0.3 is 24.0 Å². The van der Waals surface area contributed by atoms with E-state index < -0.39 is 35.0 Å². The van der Waals surface area contributed by atoms with Crippen LogP contribution in [0.3, 0.4) is 0 Å². The van der Waals surface area contributed by atoms with Crippen LogP contribution in [0.1, 0.15) is 94.6 Å². The number of carbonyl (C=O) groups excluding carboxylic acids is 2. The molecule has 0 aliphatic carbocycles. The summed E-state index contributed by atoms with van der Waals surface area (Å²) in [4.78, 5) is 37.9. The molecule has 2 amide bonds. The number of nitrogens with one attached hydrogen (secondary N) is 1. The molecule has 0 spiro atoms. The van der Waals surface area contributed by atoms with E-state index in [2.05, 4.69) is 29.1 Å². The minimum absolute atomic E-state index is 0.0149. The van der Waals surface area contributed by atoms with E-state index in [4.69, 9.17) is 25.8 Å². The van der Waals surface area contributed by atoms with Crippen LogP contribution in [0.15, 0.2) is 18.2 Å². The molecule has 5 rings (SSSR count). The van der Waals surface area contributed by atoms with Crippen LogP contribution in [0, 0.1) is 23.0 Å². The van der Waals surface area contributed by atoms with Crippen LogP contribution in [0.25, 0.3) is 32.1 Å². The summed E-state index contributed by atoms with van der Waals surface area (Å²) in [5.74, 6) is -1.20. The summed E-state index contributed by atoms with van der Waals surface area (Å²) in [6, 6.07) is 5.38. The number of hydrogen-bond acceptors (Lipinski definition) is 10. The van der Waals surface area contributed by atoms with E-state index in [1.54, 1.807) is 53.5 Å². The van der Waals surface area contributed by atoms with Crippen LogP contribution >= 0.6 is 22.9 Å².